The first-order valence-electron chi connectivity index (χ1n) is 6.04. The van der Waals surface area contributed by atoms with Crippen molar-refractivity contribution in [2.75, 3.05) is 25.5 Å². The van der Waals surface area contributed by atoms with Crippen LogP contribution in [-0.4, -0.2) is 34.8 Å². The van der Waals surface area contributed by atoms with Crippen molar-refractivity contribution in [2.45, 2.75) is 20.0 Å². The van der Waals surface area contributed by atoms with Gasteiger partial charge in [-0.05, 0) is 19.9 Å². The van der Waals surface area contributed by atoms with Gasteiger partial charge < -0.3 is 15.8 Å². The minimum absolute atomic E-state index is 0.491. The molecule has 0 aliphatic rings. The smallest absolute Gasteiger partial charge is 0.157 e. The lowest BCUT2D eigenvalue weighted by atomic mass is 10.4. The number of nitrogens with two attached hydrogens (primary N) is 1. The van der Waals surface area contributed by atoms with E-state index in [0.29, 0.717) is 13.2 Å². The van der Waals surface area contributed by atoms with Gasteiger partial charge in [-0.2, -0.15) is 9.61 Å². The first-order chi connectivity index (χ1) is 8.74. The zero-order valence-corrected chi connectivity index (χ0v) is 10.8. The molecule has 6 heteroatoms. The molecule has 0 saturated heterocycles. The molecule has 18 heavy (non-hydrogen) atoms. The van der Waals surface area contributed by atoms with Gasteiger partial charge in [0.2, 0.25) is 0 Å². The van der Waals surface area contributed by atoms with E-state index in [-0.39, 0.29) is 0 Å². The van der Waals surface area contributed by atoms with Crippen LogP contribution in [0.15, 0.2) is 12.1 Å². The summed E-state index contributed by atoms with van der Waals surface area (Å²) in [4.78, 5) is 4.45. The molecule has 6 nitrogen and oxygen atoms in total. The molecule has 0 fully saturated rings. The summed E-state index contributed by atoms with van der Waals surface area (Å²) >= 11 is 0. The van der Waals surface area contributed by atoms with Gasteiger partial charge in [-0.1, -0.05) is 0 Å². The molecule has 0 radical (unpaired) electrons. The summed E-state index contributed by atoms with van der Waals surface area (Å²) in [6.07, 6.45) is 0.926. The fourth-order valence-corrected chi connectivity index (χ4v) is 1.81. The maximum Gasteiger partial charge on any atom is 0.157 e. The normalized spacial score (nSPS) is 11.1. The average Bonchev–Trinajstić information content (AvgIpc) is 2.72. The molecule has 0 atom stereocenters. The zero-order chi connectivity index (χ0) is 13.0. The molecule has 3 N–H and O–H groups in total. The van der Waals surface area contributed by atoms with Crippen LogP contribution < -0.4 is 11.1 Å². The monoisotopic (exact) mass is 249 g/mol. The molecule has 0 saturated carbocycles. The van der Waals surface area contributed by atoms with Crippen LogP contribution in [0, 0.1) is 6.92 Å². The summed E-state index contributed by atoms with van der Waals surface area (Å²) in [6, 6.07) is 3.91. The molecule has 0 amide bonds. The topological polar surface area (TPSA) is 77.5 Å². The highest BCUT2D eigenvalue weighted by molar-refractivity contribution is 5.50. The Bertz CT molecular complexity index is 522. The van der Waals surface area contributed by atoms with Crippen molar-refractivity contribution >= 4 is 11.5 Å². The summed E-state index contributed by atoms with van der Waals surface area (Å²) in [5.41, 5.74) is 8.15. The molecule has 0 aliphatic carbocycles. The van der Waals surface area contributed by atoms with Crippen molar-refractivity contribution in [3.63, 3.8) is 0 Å². The van der Waals surface area contributed by atoms with Gasteiger partial charge in [-0.3, -0.25) is 0 Å². The fourth-order valence-electron chi connectivity index (χ4n) is 1.81. The second-order valence-corrected chi connectivity index (χ2v) is 4.19. The number of rotatable bonds is 6. The highest BCUT2D eigenvalue weighted by atomic mass is 16.5. The predicted octanol–water partition coefficient (Wildman–Crippen LogP) is 0.945. The number of nitrogens with one attached hydrogen (secondary N) is 1. The number of fused-ring (bicyclic) bond motifs is 1. The van der Waals surface area contributed by atoms with Gasteiger partial charge >= 0.3 is 0 Å². The van der Waals surface area contributed by atoms with Gasteiger partial charge in [0.05, 0.1) is 12.3 Å². The number of anilines is 1. The van der Waals surface area contributed by atoms with Gasteiger partial charge in [0.1, 0.15) is 5.82 Å². The van der Waals surface area contributed by atoms with Crippen LogP contribution in [0.1, 0.15) is 17.8 Å². The Morgan fingerprint density at radius 2 is 2.28 bits per heavy atom. The molecule has 0 unspecified atom stereocenters. The maximum absolute atomic E-state index is 5.49. The molecule has 0 bridgehead atoms. The van der Waals surface area contributed by atoms with Gasteiger partial charge in [-0.15, -0.1) is 0 Å². The lowest BCUT2D eigenvalue weighted by molar-refractivity contribution is 0.181. The van der Waals surface area contributed by atoms with E-state index < -0.39 is 0 Å². The highest BCUT2D eigenvalue weighted by Crippen LogP contribution is 2.14. The standard InChI is InChI=1S/C12H19N5O/c1-9-6-11(14-5-3-4-13)17-12(15-9)7-10(16-17)8-18-2/h6-7,14H,3-5,8,13H2,1-2H3. The Kier molecular flexibility index (Phi) is 4.11. The molecular weight excluding hydrogens is 230 g/mol. The number of ether oxygens (including phenoxy) is 1. The van der Waals surface area contributed by atoms with Crippen LogP contribution in [0.5, 0.6) is 0 Å². The third-order valence-corrected chi connectivity index (χ3v) is 2.59. The molecule has 2 aromatic rings. The minimum Gasteiger partial charge on any atom is -0.378 e. The number of aromatic nitrogens is 3. The van der Waals surface area contributed by atoms with Crippen molar-refractivity contribution in [3.05, 3.63) is 23.5 Å². The Labute approximate surface area is 106 Å². The molecule has 98 valence electrons. The van der Waals surface area contributed by atoms with Crippen LogP contribution in [0.25, 0.3) is 5.65 Å². The SMILES string of the molecule is COCc1cc2nc(C)cc(NCCCN)n2n1. The highest BCUT2D eigenvalue weighted by Gasteiger charge is 2.07. The van der Waals surface area contributed by atoms with Gasteiger partial charge in [0, 0.05) is 31.5 Å². The maximum atomic E-state index is 5.49. The van der Waals surface area contributed by atoms with Gasteiger partial charge in [0.25, 0.3) is 0 Å². The van der Waals surface area contributed by atoms with E-state index in [1.807, 2.05) is 19.1 Å². The first-order valence-corrected chi connectivity index (χ1v) is 6.04. The Morgan fingerprint density at radius 3 is 3.00 bits per heavy atom. The van der Waals surface area contributed by atoms with E-state index in [4.69, 9.17) is 10.5 Å². The van der Waals surface area contributed by atoms with Gasteiger partial charge in [-0.25, -0.2) is 4.98 Å². The molecule has 0 aromatic carbocycles. The van der Waals surface area contributed by atoms with Crippen molar-refractivity contribution in [2.24, 2.45) is 5.73 Å². The number of hydrogen-bond acceptors (Lipinski definition) is 5. The molecule has 2 rings (SSSR count). The van der Waals surface area contributed by atoms with Crippen LogP contribution in [0.4, 0.5) is 5.82 Å². The fraction of sp³-hybridized carbons (Fsp3) is 0.500. The second kappa shape index (κ2) is 5.79. The third kappa shape index (κ3) is 2.77. The Morgan fingerprint density at radius 1 is 1.44 bits per heavy atom. The Hall–Kier alpha value is -1.66. The van der Waals surface area contributed by atoms with Crippen LogP contribution in [0.3, 0.4) is 0 Å². The lowest BCUT2D eigenvalue weighted by Gasteiger charge is -2.08. The largest absolute Gasteiger partial charge is 0.378 e. The number of hydrogen-bond donors (Lipinski definition) is 2. The van der Waals surface area contributed by atoms with Gasteiger partial charge in [0.15, 0.2) is 5.65 Å². The molecule has 0 spiro atoms. The van der Waals surface area contributed by atoms with Crippen molar-refractivity contribution in [1.29, 1.82) is 0 Å². The Balaban J connectivity index is 2.31. The van der Waals surface area contributed by atoms with E-state index >= 15 is 0 Å². The molecule has 0 aliphatic heterocycles. The van der Waals surface area contributed by atoms with Crippen molar-refractivity contribution in [3.8, 4) is 0 Å². The van der Waals surface area contributed by atoms with E-state index in [9.17, 15) is 0 Å². The number of nitrogens with zero attached hydrogens (tertiary/aromatic N) is 3. The first kappa shape index (κ1) is 12.8. The van der Waals surface area contributed by atoms with Crippen LogP contribution in [-0.2, 0) is 11.3 Å². The zero-order valence-electron chi connectivity index (χ0n) is 10.8. The van der Waals surface area contributed by atoms with Crippen molar-refractivity contribution in [1.82, 2.24) is 14.6 Å². The minimum atomic E-state index is 0.491. The second-order valence-electron chi connectivity index (χ2n) is 4.19. The third-order valence-electron chi connectivity index (χ3n) is 2.59. The average molecular weight is 249 g/mol. The summed E-state index contributed by atoms with van der Waals surface area (Å²) in [7, 11) is 1.66. The van der Waals surface area contributed by atoms with Crippen LogP contribution in [0.2, 0.25) is 0 Å². The summed E-state index contributed by atoms with van der Waals surface area (Å²) in [6.45, 7) is 3.96. The summed E-state index contributed by atoms with van der Waals surface area (Å²) in [5, 5.41) is 7.78. The van der Waals surface area contributed by atoms with E-state index in [1.165, 1.54) is 0 Å². The lowest BCUT2D eigenvalue weighted by Crippen LogP contribution is -2.11. The number of methoxy groups -OCH3 is 1. The summed E-state index contributed by atoms with van der Waals surface area (Å²) in [5.74, 6) is 0.938. The van der Waals surface area contributed by atoms with Crippen LogP contribution >= 0.6 is 0 Å². The van der Waals surface area contributed by atoms with E-state index in [0.717, 1.165) is 35.8 Å². The summed E-state index contributed by atoms with van der Waals surface area (Å²) < 4.78 is 6.89. The van der Waals surface area contributed by atoms with Crippen molar-refractivity contribution < 1.29 is 4.74 Å². The van der Waals surface area contributed by atoms with E-state index in [1.54, 1.807) is 11.6 Å². The quantitative estimate of drug-likeness (QED) is 0.745. The molecule has 2 aromatic heterocycles. The molecule has 2 heterocycles. The van der Waals surface area contributed by atoms with E-state index in [2.05, 4.69) is 15.4 Å². The number of aryl methyl sites for hydroxylation is 1. The predicted molar refractivity (Wildman–Crippen MR) is 70.6 cm³/mol. The molecular formula is C12H19N5O.